The minimum absolute atomic E-state index is 0.313. The molecule has 1 saturated carbocycles. The van der Waals surface area contributed by atoms with Crippen LogP contribution in [-0.2, 0) is 0 Å². The first-order valence-corrected chi connectivity index (χ1v) is 10.1. The van der Waals surface area contributed by atoms with Crippen molar-refractivity contribution in [3.05, 3.63) is 83.1 Å². The maximum absolute atomic E-state index is 13.5. The van der Waals surface area contributed by atoms with Crippen LogP contribution in [0, 0.1) is 17.1 Å². The average Bonchev–Trinajstić information content (AvgIpc) is 3.46. The number of amides is 1. The maximum atomic E-state index is 13.5. The Kier molecular flexibility index (Phi) is 4.49. The second-order valence-corrected chi connectivity index (χ2v) is 8.00. The Morgan fingerprint density at radius 1 is 1.13 bits per heavy atom. The first-order valence-electron chi connectivity index (χ1n) is 9.77. The van der Waals surface area contributed by atoms with E-state index in [2.05, 4.69) is 11.4 Å². The van der Waals surface area contributed by atoms with Crippen molar-refractivity contribution in [2.75, 3.05) is 0 Å². The molecule has 0 spiro atoms. The zero-order valence-corrected chi connectivity index (χ0v) is 17.0. The zero-order valence-electron chi connectivity index (χ0n) is 16.3. The number of carbonyl (C=O) groups excluding carboxylic acids is 1. The van der Waals surface area contributed by atoms with E-state index in [1.165, 1.54) is 12.1 Å². The summed E-state index contributed by atoms with van der Waals surface area (Å²) < 4.78 is 15.1. The van der Waals surface area contributed by atoms with Gasteiger partial charge in [-0.1, -0.05) is 29.8 Å². The maximum Gasteiger partial charge on any atom is 0.252 e. The van der Waals surface area contributed by atoms with Gasteiger partial charge < -0.3 is 5.32 Å². The van der Waals surface area contributed by atoms with E-state index >= 15 is 0 Å². The first kappa shape index (κ1) is 19.3. The van der Waals surface area contributed by atoms with Crippen molar-refractivity contribution in [3.63, 3.8) is 0 Å². The quantitative estimate of drug-likeness (QED) is 0.479. The van der Waals surface area contributed by atoms with Gasteiger partial charge in [-0.2, -0.15) is 10.4 Å². The van der Waals surface area contributed by atoms with Crippen LogP contribution in [0.2, 0.25) is 5.02 Å². The molecule has 1 N–H and O–H groups in total. The number of nitrogens with one attached hydrogen (secondary N) is 1. The van der Waals surface area contributed by atoms with E-state index in [9.17, 15) is 14.4 Å². The zero-order chi connectivity index (χ0) is 21.6. The number of hydrogen-bond acceptors (Lipinski definition) is 3. The summed E-state index contributed by atoms with van der Waals surface area (Å²) in [5, 5.41) is 18.2. The summed E-state index contributed by atoms with van der Waals surface area (Å²) in [4.78, 5) is 12.8. The fraction of sp³-hybridized carbons (Fsp3) is 0.125. The molecule has 1 aromatic heterocycles. The highest BCUT2D eigenvalue weighted by molar-refractivity contribution is 6.33. The van der Waals surface area contributed by atoms with E-state index in [4.69, 9.17) is 16.7 Å². The molecule has 3 aromatic carbocycles. The van der Waals surface area contributed by atoms with E-state index < -0.39 is 5.54 Å². The minimum atomic E-state index is -0.758. The summed E-state index contributed by atoms with van der Waals surface area (Å²) in [5.74, 6) is -0.662. The van der Waals surface area contributed by atoms with Gasteiger partial charge in [0.15, 0.2) is 0 Å². The average molecular weight is 431 g/mol. The highest BCUT2D eigenvalue weighted by Gasteiger charge is 2.44. The SMILES string of the molecule is N#CC1(NC(=O)c2ccc3c(-c4ccccc4Cl)nn(-c4ccc(F)cc4)c3c2)CC1. The van der Waals surface area contributed by atoms with Crippen molar-refractivity contribution >= 4 is 28.4 Å². The molecule has 0 bridgehead atoms. The fourth-order valence-corrected chi connectivity index (χ4v) is 3.79. The number of hydrogen-bond donors (Lipinski definition) is 1. The number of fused-ring (bicyclic) bond motifs is 1. The number of carbonyl (C=O) groups is 1. The minimum Gasteiger partial charge on any atom is -0.334 e. The summed E-state index contributed by atoms with van der Waals surface area (Å²) in [6.45, 7) is 0. The molecule has 0 saturated heterocycles. The molecule has 7 heteroatoms. The van der Waals surface area contributed by atoms with Crippen molar-refractivity contribution in [1.29, 1.82) is 5.26 Å². The van der Waals surface area contributed by atoms with Gasteiger partial charge in [0.1, 0.15) is 17.1 Å². The molecule has 1 amide bonds. The smallest absolute Gasteiger partial charge is 0.252 e. The van der Waals surface area contributed by atoms with Gasteiger partial charge in [-0.05, 0) is 61.4 Å². The van der Waals surface area contributed by atoms with E-state index in [0.29, 0.717) is 40.3 Å². The van der Waals surface area contributed by atoms with Crippen LogP contribution in [0.5, 0.6) is 0 Å². The third kappa shape index (κ3) is 3.43. The molecule has 5 rings (SSSR count). The molecule has 4 aromatic rings. The molecule has 1 aliphatic carbocycles. The highest BCUT2D eigenvalue weighted by atomic mass is 35.5. The van der Waals surface area contributed by atoms with Crippen LogP contribution in [-0.4, -0.2) is 21.2 Å². The van der Waals surface area contributed by atoms with Gasteiger partial charge in [-0.15, -0.1) is 0 Å². The van der Waals surface area contributed by atoms with E-state index in [1.54, 1.807) is 35.0 Å². The molecular weight excluding hydrogens is 415 g/mol. The summed E-state index contributed by atoms with van der Waals surface area (Å²) in [6, 6.07) is 20.8. The van der Waals surface area contributed by atoms with Crippen molar-refractivity contribution in [3.8, 4) is 23.0 Å². The molecule has 31 heavy (non-hydrogen) atoms. The molecule has 5 nitrogen and oxygen atoms in total. The number of rotatable bonds is 4. The van der Waals surface area contributed by atoms with Gasteiger partial charge >= 0.3 is 0 Å². The Morgan fingerprint density at radius 3 is 2.55 bits per heavy atom. The standard InChI is InChI=1S/C24H16ClFN4O/c25-20-4-2-1-3-18(20)22-19-10-5-15(23(31)28-24(14-27)11-12-24)13-21(19)30(29-22)17-8-6-16(26)7-9-17/h1-10,13H,11-12H2,(H,28,31). The summed E-state index contributed by atoms with van der Waals surface area (Å²) in [5.41, 5.74) is 2.41. The monoisotopic (exact) mass is 430 g/mol. The number of benzene rings is 3. The molecule has 1 aliphatic rings. The van der Waals surface area contributed by atoms with Crippen LogP contribution in [0.25, 0.3) is 27.8 Å². The normalized spacial score (nSPS) is 14.2. The predicted octanol–water partition coefficient (Wildman–Crippen LogP) is 5.27. The molecule has 1 heterocycles. The summed E-state index contributed by atoms with van der Waals surface area (Å²) >= 11 is 6.42. The summed E-state index contributed by atoms with van der Waals surface area (Å²) in [7, 11) is 0. The lowest BCUT2D eigenvalue weighted by Crippen LogP contribution is -2.35. The van der Waals surface area contributed by atoms with Crippen molar-refractivity contribution in [2.45, 2.75) is 18.4 Å². The molecular formula is C24H16ClFN4O. The fourth-order valence-electron chi connectivity index (χ4n) is 3.57. The predicted molar refractivity (Wildman–Crippen MR) is 117 cm³/mol. The molecule has 152 valence electrons. The number of halogens is 2. The van der Waals surface area contributed by atoms with Crippen molar-refractivity contribution in [2.24, 2.45) is 0 Å². The third-order valence-electron chi connectivity index (χ3n) is 5.46. The summed E-state index contributed by atoms with van der Waals surface area (Å²) in [6.07, 6.45) is 1.31. The van der Waals surface area contributed by atoms with Crippen molar-refractivity contribution in [1.82, 2.24) is 15.1 Å². The largest absolute Gasteiger partial charge is 0.334 e. The van der Waals surface area contributed by atoms with Crippen LogP contribution in [0.3, 0.4) is 0 Å². The van der Waals surface area contributed by atoms with Gasteiger partial charge in [0, 0.05) is 16.5 Å². The third-order valence-corrected chi connectivity index (χ3v) is 5.79. The topological polar surface area (TPSA) is 70.7 Å². The lowest BCUT2D eigenvalue weighted by Gasteiger charge is -2.10. The van der Waals surface area contributed by atoms with E-state index in [-0.39, 0.29) is 11.7 Å². The van der Waals surface area contributed by atoms with Crippen LogP contribution in [0.15, 0.2) is 66.7 Å². The van der Waals surface area contributed by atoms with Gasteiger partial charge in [0.25, 0.3) is 5.91 Å². The van der Waals surface area contributed by atoms with Crippen LogP contribution in [0.4, 0.5) is 4.39 Å². The van der Waals surface area contributed by atoms with Crippen LogP contribution < -0.4 is 5.32 Å². The van der Waals surface area contributed by atoms with Gasteiger partial charge in [-0.25, -0.2) is 9.07 Å². The van der Waals surface area contributed by atoms with E-state index in [0.717, 1.165) is 10.9 Å². The second kappa shape index (κ2) is 7.22. The first-order chi connectivity index (χ1) is 15.0. The lowest BCUT2D eigenvalue weighted by atomic mass is 10.1. The van der Waals surface area contributed by atoms with Crippen LogP contribution in [0.1, 0.15) is 23.2 Å². The molecule has 0 radical (unpaired) electrons. The Hall–Kier alpha value is -3.69. The van der Waals surface area contributed by atoms with Gasteiger partial charge in [0.05, 0.1) is 22.3 Å². The van der Waals surface area contributed by atoms with E-state index in [1.807, 2.05) is 24.3 Å². The highest BCUT2D eigenvalue weighted by Crippen LogP contribution is 2.36. The molecule has 0 unspecified atom stereocenters. The van der Waals surface area contributed by atoms with Gasteiger partial charge in [-0.3, -0.25) is 4.79 Å². The molecule has 0 atom stereocenters. The van der Waals surface area contributed by atoms with Crippen molar-refractivity contribution < 1.29 is 9.18 Å². The lowest BCUT2D eigenvalue weighted by molar-refractivity contribution is 0.0941. The second-order valence-electron chi connectivity index (χ2n) is 7.60. The molecule has 0 aliphatic heterocycles. The number of aromatic nitrogens is 2. The molecule has 1 fully saturated rings. The van der Waals surface area contributed by atoms with Crippen LogP contribution >= 0.6 is 11.6 Å². The Balaban J connectivity index is 1.68. The Labute approximate surface area is 182 Å². The Bertz CT molecular complexity index is 1370. The van der Waals surface area contributed by atoms with Gasteiger partial charge in [0.2, 0.25) is 0 Å². The number of nitriles is 1. The number of nitrogens with zero attached hydrogens (tertiary/aromatic N) is 3. The Morgan fingerprint density at radius 2 is 1.87 bits per heavy atom.